The molecule has 0 heterocycles. The molecule has 118 valence electrons. The van der Waals surface area contributed by atoms with Gasteiger partial charge in [0.15, 0.2) is 0 Å². The fraction of sp³-hybridized carbons (Fsp3) is 0.417. The van der Waals surface area contributed by atoms with Crippen molar-refractivity contribution in [3.63, 3.8) is 0 Å². The van der Waals surface area contributed by atoms with E-state index in [1.165, 1.54) is 26.4 Å². The van der Waals surface area contributed by atoms with Crippen LogP contribution >= 0.6 is 11.6 Å². The molecule has 0 bridgehead atoms. The summed E-state index contributed by atoms with van der Waals surface area (Å²) in [5.41, 5.74) is 0.208. The van der Waals surface area contributed by atoms with Crippen molar-refractivity contribution in [3.8, 4) is 11.5 Å². The summed E-state index contributed by atoms with van der Waals surface area (Å²) in [4.78, 5) is 11.5. The topological polar surface area (TPSA) is 56.8 Å². The second-order valence-electron chi connectivity index (χ2n) is 3.84. The van der Waals surface area contributed by atoms with E-state index in [1.807, 2.05) is 0 Å². The van der Waals surface area contributed by atoms with Crippen molar-refractivity contribution in [2.75, 3.05) is 32.8 Å². The molecule has 0 spiro atoms. The number of carbonyl (C=O) groups is 1. The third-order valence-corrected chi connectivity index (χ3v) is 2.54. The predicted molar refractivity (Wildman–Crippen MR) is 70.1 cm³/mol. The number of carbonyl (C=O) groups excluding carboxylic acids is 1. The van der Waals surface area contributed by atoms with Gasteiger partial charge in [-0.1, -0.05) is 11.6 Å². The first-order valence-electron chi connectivity index (χ1n) is 5.62. The molecule has 0 fully saturated rings. The lowest BCUT2D eigenvalue weighted by Crippen LogP contribution is -2.24. The predicted octanol–water partition coefficient (Wildman–Crippen LogP) is 2.87. The third kappa shape index (κ3) is 5.68. The van der Waals surface area contributed by atoms with E-state index in [4.69, 9.17) is 21.1 Å². The smallest absolute Gasteiger partial charge is 0.411 e. The van der Waals surface area contributed by atoms with Crippen molar-refractivity contribution < 1.29 is 32.2 Å². The van der Waals surface area contributed by atoms with Crippen LogP contribution in [0.4, 0.5) is 18.9 Å². The van der Waals surface area contributed by atoms with Crippen LogP contribution in [-0.2, 0) is 9.53 Å². The molecule has 9 heteroatoms. The summed E-state index contributed by atoms with van der Waals surface area (Å²) in [5.74, 6) is -0.240. The second kappa shape index (κ2) is 7.37. The Balaban J connectivity index is 2.71. The summed E-state index contributed by atoms with van der Waals surface area (Å²) in [6.07, 6.45) is -4.48. The molecule has 0 aliphatic heterocycles. The van der Waals surface area contributed by atoms with E-state index in [1.54, 1.807) is 0 Å². The Morgan fingerprint density at radius 1 is 1.24 bits per heavy atom. The van der Waals surface area contributed by atoms with E-state index in [0.29, 0.717) is 0 Å². The van der Waals surface area contributed by atoms with Crippen molar-refractivity contribution in [1.29, 1.82) is 0 Å². The molecule has 0 aliphatic rings. The van der Waals surface area contributed by atoms with E-state index in [2.05, 4.69) is 10.1 Å². The van der Waals surface area contributed by atoms with Crippen molar-refractivity contribution >= 4 is 23.2 Å². The molecule has 0 atom stereocenters. The number of halogens is 4. The lowest BCUT2D eigenvalue weighted by Gasteiger charge is -2.13. The molecule has 1 amide bonds. The van der Waals surface area contributed by atoms with Crippen LogP contribution in [0.3, 0.4) is 0 Å². The highest BCUT2D eigenvalue weighted by Crippen LogP contribution is 2.35. The zero-order valence-corrected chi connectivity index (χ0v) is 12.0. The van der Waals surface area contributed by atoms with Crippen LogP contribution in [0.15, 0.2) is 12.1 Å². The quantitative estimate of drug-likeness (QED) is 0.873. The molecule has 21 heavy (non-hydrogen) atoms. The molecule has 0 radical (unpaired) electrons. The summed E-state index contributed by atoms with van der Waals surface area (Å²) in [6.45, 7) is -2.24. The summed E-state index contributed by atoms with van der Waals surface area (Å²) in [6, 6.07) is 2.80. The van der Waals surface area contributed by atoms with E-state index >= 15 is 0 Å². The third-order valence-electron chi connectivity index (χ3n) is 2.25. The van der Waals surface area contributed by atoms with Gasteiger partial charge in [0, 0.05) is 12.1 Å². The van der Waals surface area contributed by atoms with E-state index < -0.39 is 25.3 Å². The molecule has 0 aliphatic carbocycles. The van der Waals surface area contributed by atoms with Crippen LogP contribution in [0.1, 0.15) is 0 Å². The molecule has 1 aromatic rings. The average Bonchev–Trinajstić information content (AvgIpc) is 2.38. The summed E-state index contributed by atoms with van der Waals surface area (Å²) < 4.78 is 49.9. The van der Waals surface area contributed by atoms with Crippen LogP contribution in [0, 0.1) is 0 Å². The van der Waals surface area contributed by atoms with Gasteiger partial charge in [0.2, 0.25) is 5.91 Å². The first-order chi connectivity index (χ1) is 9.76. The largest absolute Gasteiger partial charge is 0.495 e. The lowest BCUT2D eigenvalue weighted by atomic mass is 10.2. The lowest BCUT2D eigenvalue weighted by molar-refractivity contribution is -0.174. The number of anilines is 1. The number of ether oxygens (including phenoxy) is 3. The Hall–Kier alpha value is -1.67. The van der Waals surface area contributed by atoms with Gasteiger partial charge in [-0.05, 0) is 0 Å². The highest BCUT2D eigenvalue weighted by Gasteiger charge is 2.27. The minimum atomic E-state index is -4.48. The van der Waals surface area contributed by atoms with Crippen LogP contribution < -0.4 is 14.8 Å². The van der Waals surface area contributed by atoms with Crippen LogP contribution in [0.2, 0.25) is 5.02 Å². The number of hydrogen-bond donors (Lipinski definition) is 1. The normalized spacial score (nSPS) is 11.1. The van der Waals surface area contributed by atoms with E-state index in [-0.39, 0.29) is 22.2 Å². The minimum Gasteiger partial charge on any atom is -0.495 e. The Kier molecular flexibility index (Phi) is 6.10. The van der Waals surface area contributed by atoms with Gasteiger partial charge >= 0.3 is 6.18 Å². The second-order valence-corrected chi connectivity index (χ2v) is 4.25. The van der Waals surface area contributed by atoms with Gasteiger partial charge in [-0.25, -0.2) is 0 Å². The number of amides is 1. The first kappa shape index (κ1) is 17.4. The number of benzene rings is 1. The van der Waals surface area contributed by atoms with Gasteiger partial charge in [-0.15, -0.1) is 0 Å². The Bertz CT molecular complexity index is 508. The Labute approximate surface area is 123 Å². The molecule has 1 rings (SSSR count). The molecule has 0 saturated carbocycles. The van der Waals surface area contributed by atoms with Gasteiger partial charge in [-0.2, -0.15) is 13.2 Å². The van der Waals surface area contributed by atoms with Crippen LogP contribution in [0.25, 0.3) is 0 Å². The molecule has 0 unspecified atom stereocenters. The molecule has 0 aromatic heterocycles. The summed E-state index contributed by atoms with van der Waals surface area (Å²) >= 11 is 5.88. The maximum atomic E-state index is 11.9. The van der Waals surface area contributed by atoms with Crippen molar-refractivity contribution in [2.45, 2.75) is 6.18 Å². The number of nitrogens with one attached hydrogen (secondary N) is 1. The van der Waals surface area contributed by atoms with Crippen LogP contribution in [-0.4, -0.2) is 39.5 Å². The number of methoxy groups -OCH3 is 2. The first-order valence-corrected chi connectivity index (χ1v) is 6.00. The van der Waals surface area contributed by atoms with Gasteiger partial charge in [0.25, 0.3) is 0 Å². The Morgan fingerprint density at radius 2 is 1.86 bits per heavy atom. The zero-order chi connectivity index (χ0) is 16.0. The van der Waals surface area contributed by atoms with Crippen molar-refractivity contribution in [2.24, 2.45) is 0 Å². The van der Waals surface area contributed by atoms with Gasteiger partial charge in [-0.3, -0.25) is 4.79 Å². The van der Waals surface area contributed by atoms with E-state index in [9.17, 15) is 18.0 Å². The number of alkyl halides is 3. The monoisotopic (exact) mass is 327 g/mol. The molecule has 1 aromatic carbocycles. The molecule has 5 nitrogen and oxygen atoms in total. The highest BCUT2D eigenvalue weighted by atomic mass is 35.5. The number of rotatable bonds is 6. The molecule has 1 N–H and O–H groups in total. The van der Waals surface area contributed by atoms with Crippen molar-refractivity contribution in [3.05, 3.63) is 17.2 Å². The Morgan fingerprint density at radius 3 is 2.38 bits per heavy atom. The molecule has 0 saturated heterocycles. The van der Waals surface area contributed by atoms with Gasteiger partial charge in [0.1, 0.15) is 24.7 Å². The maximum absolute atomic E-state index is 11.9. The standard InChI is InChI=1S/C12H13ClF3NO4/c1-19-9-4-8(10(20-2)3-7(9)13)17-11(18)5-21-6-12(14,15)16/h3-4H,5-6H2,1-2H3,(H,17,18). The minimum absolute atomic E-state index is 0.208. The van der Waals surface area contributed by atoms with Gasteiger partial charge < -0.3 is 19.5 Å². The SMILES string of the molecule is COc1cc(NC(=O)COCC(F)(F)F)c(OC)cc1Cl. The molecular weight excluding hydrogens is 315 g/mol. The zero-order valence-electron chi connectivity index (χ0n) is 11.2. The fourth-order valence-corrected chi connectivity index (χ4v) is 1.63. The molecular formula is C12H13ClF3NO4. The summed E-state index contributed by atoms with van der Waals surface area (Å²) in [7, 11) is 2.74. The maximum Gasteiger partial charge on any atom is 0.411 e. The van der Waals surface area contributed by atoms with Crippen molar-refractivity contribution in [1.82, 2.24) is 0 Å². The summed E-state index contributed by atoms with van der Waals surface area (Å²) in [5, 5.41) is 2.62. The highest BCUT2D eigenvalue weighted by molar-refractivity contribution is 6.32. The number of hydrogen-bond acceptors (Lipinski definition) is 4. The fourth-order valence-electron chi connectivity index (χ4n) is 1.40. The van der Waals surface area contributed by atoms with Crippen LogP contribution in [0.5, 0.6) is 11.5 Å². The average molecular weight is 328 g/mol. The van der Waals surface area contributed by atoms with Gasteiger partial charge in [0.05, 0.1) is 24.9 Å². The van der Waals surface area contributed by atoms with E-state index in [0.717, 1.165) is 0 Å².